The van der Waals surface area contributed by atoms with E-state index in [1.807, 2.05) is 30.3 Å². The molecule has 11 aromatic carbocycles. The van der Waals surface area contributed by atoms with Gasteiger partial charge in [0.2, 0.25) is 0 Å². The molecule has 0 aliphatic rings. The van der Waals surface area contributed by atoms with Crippen molar-refractivity contribution in [2.45, 2.75) is 0 Å². The van der Waals surface area contributed by atoms with Crippen molar-refractivity contribution >= 4 is 65.7 Å². The molecule has 6 nitrogen and oxygen atoms in total. The highest BCUT2D eigenvalue weighted by Gasteiger charge is 2.26. The van der Waals surface area contributed by atoms with E-state index in [1.165, 1.54) is 0 Å². The molecule has 0 saturated heterocycles. The Balaban J connectivity index is 0.976. The molecule has 15 rings (SSSR count). The topological polar surface area (TPSA) is 69.9 Å². The maximum Gasteiger partial charge on any atom is 0.164 e. The molecule has 0 unspecified atom stereocenters. The average molecular weight is 959 g/mol. The third-order valence-corrected chi connectivity index (χ3v) is 14.7. The molecule has 0 amide bonds. The smallest absolute Gasteiger partial charge is 0.164 e. The third-order valence-electron chi connectivity index (χ3n) is 14.7. The Kier molecular flexibility index (Phi) is 9.78. The van der Waals surface area contributed by atoms with Gasteiger partial charge in [-0.25, -0.2) is 15.0 Å². The van der Waals surface area contributed by atoms with E-state index in [4.69, 9.17) is 23.8 Å². The molecule has 0 atom stereocenters. The van der Waals surface area contributed by atoms with E-state index in [2.05, 4.69) is 229 Å². The quantitative estimate of drug-likeness (QED) is 0.152. The van der Waals surface area contributed by atoms with E-state index in [9.17, 15) is 0 Å². The predicted molar refractivity (Wildman–Crippen MR) is 307 cm³/mol. The van der Waals surface area contributed by atoms with Crippen LogP contribution in [0.1, 0.15) is 0 Å². The minimum absolute atomic E-state index is 0.569. The maximum atomic E-state index is 6.99. The number of hydrogen-bond donors (Lipinski definition) is 0. The lowest BCUT2D eigenvalue weighted by Crippen LogP contribution is -2.04. The van der Waals surface area contributed by atoms with Gasteiger partial charge in [-0.15, -0.1) is 0 Å². The summed E-state index contributed by atoms with van der Waals surface area (Å²) in [4.78, 5) is 16.0. The van der Waals surface area contributed by atoms with Crippen molar-refractivity contribution in [3.05, 3.63) is 255 Å². The fraction of sp³-hybridized carbons (Fsp3) is 0. The first kappa shape index (κ1) is 42.5. The van der Waals surface area contributed by atoms with Crippen molar-refractivity contribution in [3.63, 3.8) is 0 Å². The van der Waals surface area contributed by atoms with Crippen molar-refractivity contribution in [2.75, 3.05) is 0 Å². The number of fused-ring (bicyclic) bond motifs is 10. The van der Waals surface area contributed by atoms with Crippen LogP contribution in [0.3, 0.4) is 0 Å². The molecule has 0 aliphatic heterocycles. The monoisotopic (exact) mass is 958 g/mol. The highest BCUT2D eigenvalue weighted by molar-refractivity contribution is 6.25. The summed E-state index contributed by atoms with van der Waals surface area (Å²) in [5.41, 5.74) is 17.8. The van der Waals surface area contributed by atoms with Crippen LogP contribution in [-0.2, 0) is 0 Å². The van der Waals surface area contributed by atoms with Crippen LogP contribution in [0.4, 0.5) is 0 Å². The predicted octanol–water partition coefficient (Wildman–Crippen LogP) is 18.4. The Bertz CT molecular complexity index is 4500. The zero-order chi connectivity index (χ0) is 49.4. The van der Waals surface area contributed by atoms with Crippen LogP contribution in [0.5, 0.6) is 0 Å². The molecule has 75 heavy (non-hydrogen) atoms. The first-order chi connectivity index (χ1) is 37.2. The van der Waals surface area contributed by atoms with Crippen molar-refractivity contribution in [1.82, 2.24) is 19.5 Å². The number of para-hydroxylation sites is 2. The van der Waals surface area contributed by atoms with E-state index < -0.39 is 0 Å². The molecule has 350 valence electrons. The fourth-order valence-electron chi connectivity index (χ4n) is 11.1. The van der Waals surface area contributed by atoms with Gasteiger partial charge in [0, 0.05) is 60.8 Å². The second kappa shape index (κ2) is 17.3. The Hall–Kier alpha value is -10.2. The van der Waals surface area contributed by atoms with Crippen LogP contribution in [0.25, 0.3) is 150 Å². The normalized spacial score (nSPS) is 11.7. The summed E-state index contributed by atoms with van der Waals surface area (Å²) in [7, 11) is 0. The summed E-state index contributed by atoms with van der Waals surface area (Å²) in [5, 5.41) is 6.41. The molecule has 0 N–H and O–H groups in total. The Morgan fingerprint density at radius 2 is 0.707 bits per heavy atom. The van der Waals surface area contributed by atoms with Gasteiger partial charge in [0.05, 0.1) is 22.1 Å². The van der Waals surface area contributed by atoms with Crippen molar-refractivity contribution in [2.24, 2.45) is 0 Å². The van der Waals surface area contributed by atoms with Crippen molar-refractivity contribution in [1.29, 1.82) is 0 Å². The maximum absolute atomic E-state index is 6.99. The summed E-state index contributed by atoms with van der Waals surface area (Å²) in [6, 6.07) is 89.3. The minimum Gasteiger partial charge on any atom is -0.456 e. The Morgan fingerprint density at radius 1 is 0.267 bits per heavy atom. The first-order valence-corrected chi connectivity index (χ1v) is 25.2. The van der Waals surface area contributed by atoms with Crippen molar-refractivity contribution < 1.29 is 8.83 Å². The standard InChI is InChI=1S/C69H42N4O2/c1-5-17-43(18-6-1)45-29-33-49(34-30-45)67-70-68(50-35-31-46(32-36-50)44-19-7-2-8-20-44)72-69(71-67)51-39-55(47-21-9-3-10-22-47)65(56(40-51)48-23-11-4-12-24-48)73-59-27-15-13-26-54(59)64-60(73)38-37-53-58-41-57-52-25-14-16-28-61(52)74-62(57)42-63(58)75-66(53)64/h1-42H. The SMILES string of the molecule is c1ccc(-c2ccc(-c3nc(-c4ccc(-c5ccccc5)cc4)nc(-c4cc(-c5ccccc5)c(-n5c6ccccc6c6c7oc8cc9oc%10ccccc%10c9cc8c7ccc65)c(-c5ccccc5)c4)n3)cc2)cc1. The van der Waals surface area contributed by atoms with Gasteiger partial charge in [-0.2, -0.15) is 0 Å². The number of nitrogens with zero attached hydrogens (tertiary/aromatic N) is 4. The van der Waals surface area contributed by atoms with Gasteiger partial charge < -0.3 is 13.4 Å². The van der Waals surface area contributed by atoms with Gasteiger partial charge in [-0.1, -0.05) is 206 Å². The molecule has 4 aromatic heterocycles. The molecule has 0 spiro atoms. The summed E-state index contributed by atoms with van der Waals surface area (Å²) in [6.45, 7) is 0. The lowest BCUT2D eigenvalue weighted by molar-refractivity contribution is 0.658. The van der Waals surface area contributed by atoms with E-state index in [0.29, 0.717) is 17.5 Å². The van der Waals surface area contributed by atoms with Gasteiger partial charge in [0.25, 0.3) is 0 Å². The van der Waals surface area contributed by atoms with Crippen LogP contribution in [0.15, 0.2) is 264 Å². The molecule has 0 aliphatic carbocycles. The molecular formula is C69H42N4O2. The van der Waals surface area contributed by atoms with E-state index >= 15 is 0 Å². The Labute approximate surface area is 431 Å². The van der Waals surface area contributed by atoms with Gasteiger partial charge in [-0.05, 0) is 75.8 Å². The summed E-state index contributed by atoms with van der Waals surface area (Å²) < 4.78 is 15.8. The van der Waals surface area contributed by atoms with E-state index in [1.54, 1.807) is 0 Å². The van der Waals surface area contributed by atoms with Gasteiger partial charge in [0.15, 0.2) is 17.5 Å². The number of aromatic nitrogens is 4. The van der Waals surface area contributed by atoms with Crippen LogP contribution in [-0.4, -0.2) is 19.5 Å². The number of hydrogen-bond acceptors (Lipinski definition) is 5. The number of furan rings is 2. The molecule has 15 aromatic rings. The van der Waals surface area contributed by atoms with E-state index in [0.717, 1.165) is 133 Å². The zero-order valence-corrected chi connectivity index (χ0v) is 40.4. The summed E-state index contributed by atoms with van der Waals surface area (Å²) in [5.74, 6) is 1.75. The van der Waals surface area contributed by atoms with Gasteiger partial charge in [-0.3, -0.25) is 0 Å². The molecule has 0 bridgehead atoms. The molecule has 6 heteroatoms. The van der Waals surface area contributed by atoms with Crippen LogP contribution in [0, 0.1) is 0 Å². The van der Waals surface area contributed by atoms with Crippen molar-refractivity contribution in [3.8, 4) is 84.4 Å². The number of rotatable bonds is 8. The highest BCUT2D eigenvalue weighted by atomic mass is 16.3. The third kappa shape index (κ3) is 7.14. The minimum atomic E-state index is 0.569. The summed E-state index contributed by atoms with van der Waals surface area (Å²) >= 11 is 0. The fourth-order valence-corrected chi connectivity index (χ4v) is 11.1. The number of benzene rings is 11. The molecule has 0 radical (unpaired) electrons. The summed E-state index contributed by atoms with van der Waals surface area (Å²) in [6.07, 6.45) is 0. The Morgan fingerprint density at radius 3 is 1.28 bits per heavy atom. The second-order valence-electron chi connectivity index (χ2n) is 19.1. The lowest BCUT2D eigenvalue weighted by Gasteiger charge is -2.21. The van der Waals surface area contributed by atoms with Crippen LogP contribution < -0.4 is 0 Å². The molecular weight excluding hydrogens is 917 g/mol. The largest absolute Gasteiger partial charge is 0.456 e. The highest BCUT2D eigenvalue weighted by Crippen LogP contribution is 2.47. The average Bonchev–Trinajstić information content (AvgIpc) is 4.16. The molecule has 0 fully saturated rings. The zero-order valence-electron chi connectivity index (χ0n) is 40.4. The van der Waals surface area contributed by atoms with Gasteiger partial charge in [0.1, 0.15) is 22.3 Å². The molecule has 0 saturated carbocycles. The lowest BCUT2D eigenvalue weighted by atomic mass is 9.92. The van der Waals surface area contributed by atoms with E-state index in [-0.39, 0.29) is 0 Å². The van der Waals surface area contributed by atoms with Crippen LogP contribution >= 0.6 is 0 Å². The van der Waals surface area contributed by atoms with Crippen LogP contribution in [0.2, 0.25) is 0 Å². The second-order valence-corrected chi connectivity index (χ2v) is 19.1. The first-order valence-electron chi connectivity index (χ1n) is 25.2. The van der Waals surface area contributed by atoms with Gasteiger partial charge >= 0.3 is 0 Å². The molecule has 4 heterocycles.